The molecule has 0 bridgehead atoms. The summed E-state index contributed by atoms with van der Waals surface area (Å²) < 4.78 is 10.4. The highest BCUT2D eigenvalue weighted by Gasteiger charge is 2.37. The van der Waals surface area contributed by atoms with Gasteiger partial charge in [-0.2, -0.15) is 0 Å². The van der Waals surface area contributed by atoms with E-state index < -0.39 is 18.5 Å². The van der Waals surface area contributed by atoms with Gasteiger partial charge in [0.15, 0.2) is 6.61 Å². The molecule has 1 aliphatic heterocycles. The van der Waals surface area contributed by atoms with Crippen LogP contribution in [-0.2, 0) is 14.4 Å². The van der Waals surface area contributed by atoms with Crippen LogP contribution in [0.15, 0.2) is 48.5 Å². The second kappa shape index (κ2) is 8.64. The van der Waals surface area contributed by atoms with Crippen LogP contribution >= 0.6 is 0 Å². The van der Waals surface area contributed by atoms with E-state index in [-0.39, 0.29) is 24.8 Å². The second-order valence-corrected chi connectivity index (χ2v) is 6.65. The van der Waals surface area contributed by atoms with Crippen molar-refractivity contribution < 1.29 is 29.0 Å². The molecule has 152 valence electrons. The monoisotopic (exact) mass is 398 g/mol. The summed E-state index contributed by atoms with van der Waals surface area (Å²) in [6.07, 6.45) is 0.126. The van der Waals surface area contributed by atoms with E-state index in [0.29, 0.717) is 22.9 Å². The molecule has 0 aromatic heterocycles. The number of anilines is 2. The van der Waals surface area contributed by atoms with Crippen molar-refractivity contribution in [3.8, 4) is 11.5 Å². The first kappa shape index (κ1) is 20.2. The van der Waals surface area contributed by atoms with Gasteiger partial charge in [0, 0.05) is 25.7 Å². The van der Waals surface area contributed by atoms with Gasteiger partial charge >= 0.3 is 5.97 Å². The Hall–Kier alpha value is -3.55. The van der Waals surface area contributed by atoms with E-state index in [1.807, 2.05) is 12.1 Å². The molecule has 0 aliphatic carbocycles. The zero-order valence-electron chi connectivity index (χ0n) is 16.2. The van der Waals surface area contributed by atoms with Crippen LogP contribution in [-0.4, -0.2) is 50.2 Å². The molecule has 1 aliphatic rings. The van der Waals surface area contributed by atoms with Gasteiger partial charge in [0.1, 0.15) is 11.5 Å². The van der Waals surface area contributed by atoms with Crippen LogP contribution < -0.4 is 19.3 Å². The molecule has 8 nitrogen and oxygen atoms in total. The van der Waals surface area contributed by atoms with E-state index in [1.165, 1.54) is 4.90 Å². The Morgan fingerprint density at radius 3 is 2.52 bits per heavy atom. The van der Waals surface area contributed by atoms with Crippen molar-refractivity contribution in [2.24, 2.45) is 5.92 Å². The third kappa shape index (κ3) is 4.48. The van der Waals surface area contributed by atoms with Crippen LogP contribution in [0.5, 0.6) is 11.5 Å². The summed E-state index contributed by atoms with van der Waals surface area (Å²) in [6.45, 7) is -0.154. The van der Waals surface area contributed by atoms with Gasteiger partial charge in [0.2, 0.25) is 11.8 Å². The summed E-state index contributed by atoms with van der Waals surface area (Å²) in [5.74, 6) is -0.851. The van der Waals surface area contributed by atoms with Gasteiger partial charge in [0.25, 0.3) is 0 Å². The normalized spacial score (nSPS) is 15.9. The Morgan fingerprint density at radius 1 is 1.17 bits per heavy atom. The number of carbonyl (C=O) groups excluding carboxylic acids is 2. The van der Waals surface area contributed by atoms with Crippen LogP contribution in [0.3, 0.4) is 0 Å². The molecule has 3 rings (SSSR count). The van der Waals surface area contributed by atoms with Gasteiger partial charge in [-0.15, -0.1) is 0 Å². The van der Waals surface area contributed by atoms with Gasteiger partial charge in [0.05, 0.1) is 18.7 Å². The molecule has 0 saturated carbocycles. The van der Waals surface area contributed by atoms with Gasteiger partial charge < -0.3 is 24.4 Å². The number of hydrogen-bond donors (Lipinski definition) is 1. The number of ether oxygens (including phenoxy) is 2. The highest BCUT2D eigenvalue weighted by molar-refractivity contribution is 6.04. The Kier molecular flexibility index (Phi) is 6.01. The number of rotatable bonds is 7. The lowest BCUT2D eigenvalue weighted by Gasteiger charge is -2.22. The number of methoxy groups -OCH3 is 1. The zero-order valence-corrected chi connectivity index (χ0v) is 16.2. The maximum Gasteiger partial charge on any atom is 0.341 e. The Bertz CT molecular complexity index is 912. The molecule has 0 spiro atoms. The molecule has 0 radical (unpaired) electrons. The Balaban J connectivity index is 1.69. The van der Waals surface area contributed by atoms with Crippen LogP contribution in [0.4, 0.5) is 11.4 Å². The van der Waals surface area contributed by atoms with E-state index in [1.54, 1.807) is 55.5 Å². The smallest absolute Gasteiger partial charge is 0.341 e. The molecule has 8 heteroatoms. The number of benzene rings is 2. The van der Waals surface area contributed by atoms with Crippen molar-refractivity contribution >= 4 is 29.2 Å². The first-order chi connectivity index (χ1) is 13.9. The minimum absolute atomic E-state index is 0.126. The number of amides is 2. The van der Waals surface area contributed by atoms with Gasteiger partial charge in [-0.3, -0.25) is 9.59 Å². The third-order valence-corrected chi connectivity index (χ3v) is 4.77. The fourth-order valence-electron chi connectivity index (χ4n) is 3.27. The average molecular weight is 398 g/mol. The van der Waals surface area contributed by atoms with Crippen molar-refractivity contribution in [3.05, 3.63) is 48.5 Å². The molecule has 1 saturated heterocycles. The summed E-state index contributed by atoms with van der Waals surface area (Å²) in [7, 11) is 3.19. The van der Waals surface area contributed by atoms with Gasteiger partial charge in [-0.25, -0.2) is 4.79 Å². The summed E-state index contributed by atoms with van der Waals surface area (Å²) in [5.41, 5.74) is 1.28. The Morgan fingerprint density at radius 2 is 1.86 bits per heavy atom. The molecule has 1 N–H and O–H groups in total. The lowest BCUT2D eigenvalue weighted by Crippen LogP contribution is -2.34. The number of nitrogens with zero attached hydrogens (tertiary/aromatic N) is 2. The number of carboxylic acids is 1. The standard InChI is InChI=1S/C21H22N2O6/c1-22(15-7-9-16(10-8-15)29-13-20(25)26)21(27)14-11-19(24)23(12-14)17-5-3-4-6-18(17)28-2/h3-10,14H,11-13H2,1-2H3,(H,25,26). The molecule has 1 atom stereocenters. The maximum absolute atomic E-state index is 12.9. The first-order valence-electron chi connectivity index (χ1n) is 9.06. The third-order valence-electron chi connectivity index (χ3n) is 4.77. The van der Waals surface area contributed by atoms with Crippen LogP contribution in [0.1, 0.15) is 6.42 Å². The number of aliphatic carboxylic acids is 1. The minimum atomic E-state index is -1.06. The predicted octanol–water partition coefficient (Wildman–Crippen LogP) is 2.17. The molecular weight excluding hydrogens is 376 g/mol. The average Bonchev–Trinajstić information content (AvgIpc) is 3.12. The molecule has 1 unspecified atom stereocenters. The largest absolute Gasteiger partial charge is 0.495 e. The summed E-state index contributed by atoms with van der Waals surface area (Å²) in [5, 5.41) is 8.65. The number of carboxylic acid groups (broad SMARTS) is 1. The number of para-hydroxylation sites is 2. The summed E-state index contributed by atoms with van der Waals surface area (Å²) in [6, 6.07) is 13.8. The van der Waals surface area contributed by atoms with E-state index in [2.05, 4.69) is 0 Å². The number of hydrogen-bond acceptors (Lipinski definition) is 5. The van der Waals surface area contributed by atoms with E-state index in [9.17, 15) is 14.4 Å². The quantitative estimate of drug-likeness (QED) is 0.768. The van der Waals surface area contributed by atoms with Gasteiger partial charge in [-0.05, 0) is 36.4 Å². The maximum atomic E-state index is 12.9. The minimum Gasteiger partial charge on any atom is -0.495 e. The van der Waals surface area contributed by atoms with E-state index >= 15 is 0 Å². The lowest BCUT2D eigenvalue weighted by molar-refractivity contribution is -0.139. The molecule has 2 amide bonds. The number of carbonyl (C=O) groups is 3. The van der Waals surface area contributed by atoms with Crippen LogP contribution in [0.2, 0.25) is 0 Å². The second-order valence-electron chi connectivity index (χ2n) is 6.65. The fourth-order valence-corrected chi connectivity index (χ4v) is 3.27. The summed E-state index contributed by atoms with van der Waals surface area (Å²) in [4.78, 5) is 39.1. The molecule has 2 aromatic carbocycles. The van der Waals surface area contributed by atoms with Crippen molar-refractivity contribution in [1.29, 1.82) is 0 Å². The predicted molar refractivity (Wildman–Crippen MR) is 106 cm³/mol. The molecule has 29 heavy (non-hydrogen) atoms. The molecule has 2 aromatic rings. The highest BCUT2D eigenvalue weighted by Crippen LogP contribution is 2.33. The van der Waals surface area contributed by atoms with Crippen LogP contribution in [0.25, 0.3) is 0 Å². The van der Waals surface area contributed by atoms with Crippen LogP contribution in [0, 0.1) is 5.92 Å². The fraction of sp³-hybridized carbons (Fsp3) is 0.286. The highest BCUT2D eigenvalue weighted by atomic mass is 16.5. The van der Waals surface area contributed by atoms with Crippen molar-refractivity contribution in [3.63, 3.8) is 0 Å². The molecular formula is C21H22N2O6. The van der Waals surface area contributed by atoms with Crippen molar-refractivity contribution in [1.82, 2.24) is 0 Å². The molecule has 1 heterocycles. The SMILES string of the molecule is COc1ccccc1N1CC(C(=O)N(C)c2ccc(OCC(=O)O)cc2)CC1=O. The zero-order chi connectivity index (χ0) is 21.0. The lowest BCUT2D eigenvalue weighted by atomic mass is 10.1. The van der Waals surface area contributed by atoms with E-state index in [4.69, 9.17) is 14.6 Å². The first-order valence-corrected chi connectivity index (χ1v) is 9.06. The topological polar surface area (TPSA) is 96.4 Å². The van der Waals surface area contributed by atoms with E-state index in [0.717, 1.165) is 0 Å². The molecule has 1 fully saturated rings. The Labute approximate surface area is 168 Å². The van der Waals surface area contributed by atoms with Crippen molar-refractivity contribution in [2.45, 2.75) is 6.42 Å². The summed E-state index contributed by atoms with van der Waals surface area (Å²) >= 11 is 0. The van der Waals surface area contributed by atoms with Crippen molar-refractivity contribution in [2.75, 3.05) is 37.1 Å². The van der Waals surface area contributed by atoms with Gasteiger partial charge in [-0.1, -0.05) is 12.1 Å².